The molecule has 0 spiro atoms. The minimum Gasteiger partial charge on any atom is -0.493 e. The Kier molecular flexibility index (Phi) is 5.14. The summed E-state index contributed by atoms with van der Waals surface area (Å²) in [5.41, 5.74) is 3.61. The average Bonchev–Trinajstić information content (AvgIpc) is 2.74. The topological polar surface area (TPSA) is 61.3 Å². The van der Waals surface area contributed by atoms with Gasteiger partial charge in [-0.2, -0.15) is 0 Å². The first kappa shape index (κ1) is 18.9. The molecule has 0 atom stereocenters. The second-order valence-electron chi connectivity index (χ2n) is 6.40. The molecule has 0 saturated heterocycles. The van der Waals surface area contributed by atoms with Crippen molar-refractivity contribution in [3.05, 3.63) is 71.9 Å². The van der Waals surface area contributed by atoms with Gasteiger partial charge in [0.05, 0.1) is 12.6 Å². The molecular weight excluding hydrogens is 388 g/mol. The van der Waals surface area contributed by atoms with Gasteiger partial charge in [0.15, 0.2) is 17.3 Å². The lowest BCUT2D eigenvalue weighted by Crippen LogP contribution is -2.03. The van der Waals surface area contributed by atoms with E-state index in [-0.39, 0.29) is 10.9 Å². The van der Waals surface area contributed by atoms with Crippen molar-refractivity contribution in [2.24, 2.45) is 0 Å². The minimum absolute atomic E-state index is 0.270. The molecule has 144 valence electrons. The number of carbonyl (C=O) groups is 1. The van der Waals surface area contributed by atoms with Crippen molar-refractivity contribution in [2.45, 2.75) is 6.92 Å². The van der Waals surface area contributed by atoms with Crippen LogP contribution in [0.3, 0.4) is 0 Å². The van der Waals surface area contributed by atoms with Gasteiger partial charge in [-0.1, -0.05) is 60.1 Å². The van der Waals surface area contributed by atoms with Crippen molar-refractivity contribution < 1.29 is 14.3 Å². The van der Waals surface area contributed by atoms with Gasteiger partial charge in [-0.05, 0) is 23.3 Å². The van der Waals surface area contributed by atoms with E-state index in [4.69, 9.17) is 21.1 Å². The maximum absolute atomic E-state index is 11.3. The molecule has 3 aromatic carbocycles. The number of benzene rings is 3. The van der Waals surface area contributed by atoms with Gasteiger partial charge in [0.1, 0.15) is 5.15 Å². The molecule has 0 bridgehead atoms. The fourth-order valence-corrected chi connectivity index (χ4v) is 3.32. The number of hydrogen-bond donors (Lipinski definition) is 0. The Morgan fingerprint density at radius 2 is 1.59 bits per heavy atom. The SMILES string of the molecule is COc1cc2nc(-c3cccc(-c4ccccc4)c3)nc(Cl)c2cc1OC(C)=O. The smallest absolute Gasteiger partial charge is 0.308 e. The molecule has 0 radical (unpaired) electrons. The standard InChI is InChI=1S/C23H17ClN2O3/c1-14(27)29-21-12-18-19(13-20(21)28-2)25-23(26-22(18)24)17-10-6-9-16(11-17)15-7-4-3-5-8-15/h3-13H,1-2H3. The first-order valence-corrected chi connectivity index (χ1v) is 9.32. The Bertz CT molecular complexity index is 1210. The van der Waals surface area contributed by atoms with Crippen LogP contribution in [0.2, 0.25) is 5.15 Å². The summed E-state index contributed by atoms with van der Waals surface area (Å²) < 4.78 is 10.5. The summed E-state index contributed by atoms with van der Waals surface area (Å²) in [7, 11) is 1.50. The van der Waals surface area contributed by atoms with Crippen LogP contribution in [-0.4, -0.2) is 23.0 Å². The summed E-state index contributed by atoms with van der Waals surface area (Å²) in [4.78, 5) is 20.5. The highest BCUT2D eigenvalue weighted by atomic mass is 35.5. The summed E-state index contributed by atoms with van der Waals surface area (Å²) in [6.45, 7) is 1.32. The van der Waals surface area contributed by atoms with Gasteiger partial charge in [0, 0.05) is 23.9 Å². The number of rotatable bonds is 4. The Labute approximate surface area is 172 Å². The molecule has 4 aromatic rings. The molecule has 0 unspecified atom stereocenters. The van der Waals surface area contributed by atoms with E-state index in [1.165, 1.54) is 14.0 Å². The van der Waals surface area contributed by atoms with Gasteiger partial charge in [0.2, 0.25) is 0 Å². The highest BCUT2D eigenvalue weighted by Crippen LogP contribution is 2.35. The zero-order valence-electron chi connectivity index (χ0n) is 15.8. The Morgan fingerprint density at radius 1 is 0.862 bits per heavy atom. The van der Waals surface area contributed by atoms with Crippen LogP contribution in [-0.2, 0) is 4.79 Å². The lowest BCUT2D eigenvalue weighted by molar-refractivity contribution is -0.132. The number of ether oxygens (including phenoxy) is 2. The van der Waals surface area contributed by atoms with Gasteiger partial charge in [-0.25, -0.2) is 9.97 Å². The van der Waals surface area contributed by atoms with Crippen molar-refractivity contribution in [1.82, 2.24) is 9.97 Å². The zero-order chi connectivity index (χ0) is 20.4. The van der Waals surface area contributed by atoms with E-state index in [2.05, 4.69) is 22.1 Å². The van der Waals surface area contributed by atoms with Crippen LogP contribution in [0.15, 0.2) is 66.7 Å². The second kappa shape index (κ2) is 7.89. The van der Waals surface area contributed by atoms with Crippen LogP contribution < -0.4 is 9.47 Å². The van der Waals surface area contributed by atoms with Crippen LogP contribution in [0.5, 0.6) is 11.5 Å². The largest absolute Gasteiger partial charge is 0.493 e. The Balaban J connectivity index is 1.82. The predicted octanol–water partition coefficient (Wildman–Crippen LogP) is 5.55. The molecule has 6 heteroatoms. The monoisotopic (exact) mass is 404 g/mol. The first-order valence-electron chi connectivity index (χ1n) is 8.94. The van der Waals surface area contributed by atoms with Gasteiger partial charge in [-0.3, -0.25) is 4.79 Å². The molecule has 1 heterocycles. The number of fused-ring (bicyclic) bond motifs is 1. The van der Waals surface area contributed by atoms with Crippen molar-refractivity contribution in [1.29, 1.82) is 0 Å². The molecule has 0 saturated carbocycles. The molecule has 0 amide bonds. The van der Waals surface area contributed by atoms with Gasteiger partial charge in [-0.15, -0.1) is 0 Å². The number of hydrogen-bond acceptors (Lipinski definition) is 5. The second-order valence-corrected chi connectivity index (χ2v) is 6.76. The third kappa shape index (κ3) is 3.91. The fourth-order valence-electron chi connectivity index (χ4n) is 3.09. The molecule has 1 aromatic heterocycles. The molecule has 0 N–H and O–H groups in total. The van der Waals surface area contributed by atoms with E-state index in [1.54, 1.807) is 12.1 Å². The van der Waals surface area contributed by atoms with Crippen molar-refractivity contribution in [2.75, 3.05) is 7.11 Å². The van der Waals surface area contributed by atoms with Crippen LogP contribution in [0, 0.1) is 0 Å². The molecule has 0 aliphatic rings. The molecule has 5 nitrogen and oxygen atoms in total. The Hall–Kier alpha value is -3.44. The van der Waals surface area contributed by atoms with E-state index in [0.717, 1.165) is 16.7 Å². The minimum atomic E-state index is -0.450. The molecular formula is C23H17ClN2O3. The van der Waals surface area contributed by atoms with E-state index < -0.39 is 5.97 Å². The summed E-state index contributed by atoms with van der Waals surface area (Å²) in [5, 5.41) is 0.845. The van der Waals surface area contributed by atoms with Crippen molar-refractivity contribution in [3.63, 3.8) is 0 Å². The van der Waals surface area contributed by atoms with Gasteiger partial charge >= 0.3 is 5.97 Å². The van der Waals surface area contributed by atoms with Crippen LogP contribution in [0.1, 0.15) is 6.92 Å². The normalized spacial score (nSPS) is 10.7. The first-order chi connectivity index (χ1) is 14.0. The van der Waals surface area contributed by atoms with E-state index in [9.17, 15) is 4.79 Å². The number of nitrogens with zero attached hydrogens (tertiary/aromatic N) is 2. The number of carbonyl (C=O) groups excluding carboxylic acids is 1. The average molecular weight is 405 g/mol. The highest BCUT2D eigenvalue weighted by Gasteiger charge is 2.15. The Morgan fingerprint density at radius 3 is 2.31 bits per heavy atom. The third-order valence-corrected chi connectivity index (χ3v) is 4.70. The maximum atomic E-state index is 11.3. The maximum Gasteiger partial charge on any atom is 0.308 e. The van der Waals surface area contributed by atoms with E-state index >= 15 is 0 Å². The number of aromatic nitrogens is 2. The highest BCUT2D eigenvalue weighted by molar-refractivity contribution is 6.34. The molecule has 4 rings (SSSR count). The molecule has 0 fully saturated rings. The number of methoxy groups -OCH3 is 1. The summed E-state index contributed by atoms with van der Waals surface area (Å²) in [5.74, 6) is 0.722. The summed E-state index contributed by atoms with van der Waals surface area (Å²) in [6.07, 6.45) is 0. The predicted molar refractivity (Wildman–Crippen MR) is 113 cm³/mol. The molecule has 0 aliphatic carbocycles. The summed E-state index contributed by atoms with van der Waals surface area (Å²) >= 11 is 6.44. The lowest BCUT2D eigenvalue weighted by Gasteiger charge is -2.11. The lowest BCUT2D eigenvalue weighted by atomic mass is 10.0. The molecule has 0 aliphatic heterocycles. The summed E-state index contributed by atoms with van der Waals surface area (Å²) in [6, 6.07) is 21.3. The van der Waals surface area contributed by atoms with E-state index in [1.807, 2.05) is 42.5 Å². The van der Waals surface area contributed by atoms with E-state index in [0.29, 0.717) is 22.5 Å². The van der Waals surface area contributed by atoms with Gasteiger partial charge < -0.3 is 9.47 Å². The molecule has 29 heavy (non-hydrogen) atoms. The van der Waals surface area contributed by atoms with Gasteiger partial charge in [0.25, 0.3) is 0 Å². The third-order valence-electron chi connectivity index (χ3n) is 4.42. The number of esters is 1. The van der Waals surface area contributed by atoms with Crippen LogP contribution >= 0.6 is 11.6 Å². The van der Waals surface area contributed by atoms with Crippen LogP contribution in [0.25, 0.3) is 33.4 Å². The van der Waals surface area contributed by atoms with Crippen molar-refractivity contribution in [3.8, 4) is 34.0 Å². The quantitative estimate of drug-likeness (QED) is 0.253. The number of halogens is 1. The van der Waals surface area contributed by atoms with Crippen molar-refractivity contribution >= 4 is 28.5 Å². The van der Waals surface area contributed by atoms with Crippen LogP contribution in [0.4, 0.5) is 0 Å². The fraction of sp³-hybridized carbons (Fsp3) is 0.0870. The zero-order valence-corrected chi connectivity index (χ0v) is 16.6.